The predicted molar refractivity (Wildman–Crippen MR) is 108 cm³/mol. The molecule has 0 N–H and O–H groups in total. The molecule has 0 aliphatic carbocycles. The van der Waals surface area contributed by atoms with E-state index in [9.17, 15) is 0 Å². The highest BCUT2D eigenvalue weighted by Gasteiger charge is 2.13. The fraction of sp³-hybridized carbons (Fsp3) is 0.158. The van der Waals surface area contributed by atoms with Gasteiger partial charge in [0.15, 0.2) is 0 Å². The van der Waals surface area contributed by atoms with E-state index in [0.29, 0.717) is 16.9 Å². The van der Waals surface area contributed by atoms with Gasteiger partial charge in [0, 0.05) is 29.6 Å². The standard InChI is InChI=1S/C19H16N4O3S2/c1-24-14-5-6-15(16(8-14)25-2)18-21-13(10-27-18)11-28-19-23-22-17(26-19)12-4-3-7-20-9-12/h3-10H,11H2,1-2H3. The maximum absolute atomic E-state index is 5.69. The van der Waals surface area contributed by atoms with Gasteiger partial charge in [0.25, 0.3) is 5.22 Å². The molecule has 0 saturated carbocycles. The summed E-state index contributed by atoms with van der Waals surface area (Å²) in [6, 6.07) is 9.40. The lowest BCUT2D eigenvalue weighted by Gasteiger charge is -2.08. The largest absolute Gasteiger partial charge is 0.497 e. The molecule has 28 heavy (non-hydrogen) atoms. The van der Waals surface area contributed by atoms with Crippen LogP contribution in [0.4, 0.5) is 0 Å². The van der Waals surface area contributed by atoms with E-state index in [2.05, 4.69) is 15.2 Å². The summed E-state index contributed by atoms with van der Waals surface area (Å²) in [6.07, 6.45) is 3.39. The Morgan fingerprint density at radius 1 is 1.14 bits per heavy atom. The molecule has 0 amide bonds. The van der Waals surface area contributed by atoms with E-state index >= 15 is 0 Å². The third-order valence-corrected chi connectivity index (χ3v) is 5.63. The first kappa shape index (κ1) is 18.5. The SMILES string of the molecule is COc1ccc(-c2nc(CSc3nnc(-c4cccnc4)o3)cs2)c(OC)c1. The minimum Gasteiger partial charge on any atom is -0.497 e. The van der Waals surface area contributed by atoms with E-state index in [1.165, 1.54) is 11.8 Å². The second-order valence-corrected chi connectivity index (χ2v) is 7.40. The fourth-order valence-corrected chi connectivity index (χ4v) is 4.09. The summed E-state index contributed by atoms with van der Waals surface area (Å²) < 4.78 is 16.4. The number of pyridine rings is 1. The first-order valence-corrected chi connectivity index (χ1v) is 10.2. The molecule has 0 spiro atoms. The van der Waals surface area contributed by atoms with Gasteiger partial charge in [-0.15, -0.1) is 21.5 Å². The van der Waals surface area contributed by atoms with E-state index in [1.54, 1.807) is 38.0 Å². The number of benzene rings is 1. The number of thioether (sulfide) groups is 1. The molecule has 0 bridgehead atoms. The highest BCUT2D eigenvalue weighted by atomic mass is 32.2. The minimum atomic E-state index is 0.456. The zero-order chi connectivity index (χ0) is 19.3. The van der Waals surface area contributed by atoms with Crippen LogP contribution in [0.3, 0.4) is 0 Å². The Balaban J connectivity index is 1.45. The zero-order valence-corrected chi connectivity index (χ0v) is 16.8. The van der Waals surface area contributed by atoms with Crippen LogP contribution in [0.15, 0.2) is 57.7 Å². The van der Waals surface area contributed by atoms with Crippen molar-refractivity contribution in [2.24, 2.45) is 0 Å². The van der Waals surface area contributed by atoms with Crippen LogP contribution < -0.4 is 9.47 Å². The summed E-state index contributed by atoms with van der Waals surface area (Å²) >= 11 is 3.01. The van der Waals surface area contributed by atoms with Gasteiger partial charge >= 0.3 is 0 Å². The van der Waals surface area contributed by atoms with Crippen molar-refractivity contribution in [3.63, 3.8) is 0 Å². The molecule has 7 nitrogen and oxygen atoms in total. The smallest absolute Gasteiger partial charge is 0.277 e. The Labute approximate surface area is 169 Å². The zero-order valence-electron chi connectivity index (χ0n) is 15.2. The second kappa shape index (κ2) is 8.41. The predicted octanol–water partition coefficient (Wildman–Crippen LogP) is 4.56. The number of rotatable bonds is 7. The van der Waals surface area contributed by atoms with Gasteiger partial charge in [-0.3, -0.25) is 4.98 Å². The van der Waals surface area contributed by atoms with Crippen molar-refractivity contribution in [3.05, 3.63) is 53.8 Å². The summed E-state index contributed by atoms with van der Waals surface area (Å²) in [5.74, 6) is 2.56. The van der Waals surface area contributed by atoms with Crippen LogP contribution in [-0.4, -0.2) is 34.4 Å². The monoisotopic (exact) mass is 412 g/mol. The lowest BCUT2D eigenvalue weighted by atomic mass is 10.2. The average Bonchev–Trinajstić information content (AvgIpc) is 3.42. The van der Waals surface area contributed by atoms with Crippen LogP contribution in [0, 0.1) is 0 Å². The lowest BCUT2D eigenvalue weighted by molar-refractivity contribution is 0.395. The number of aromatic nitrogens is 4. The molecule has 0 unspecified atom stereocenters. The Morgan fingerprint density at radius 2 is 2.07 bits per heavy atom. The topological polar surface area (TPSA) is 83.2 Å². The van der Waals surface area contributed by atoms with Crippen molar-refractivity contribution < 1.29 is 13.9 Å². The molecule has 0 aliphatic rings. The third-order valence-electron chi connectivity index (χ3n) is 3.85. The maximum atomic E-state index is 5.69. The Hall–Kier alpha value is -2.91. The van der Waals surface area contributed by atoms with Gasteiger partial charge in [0.2, 0.25) is 5.89 Å². The minimum absolute atomic E-state index is 0.456. The number of hydrogen-bond acceptors (Lipinski definition) is 9. The van der Waals surface area contributed by atoms with E-state index in [1.807, 2.05) is 35.7 Å². The van der Waals surface area contributed by atoms with Gasteiger partial charge in [-0.2, -0.15) is 0 Å². The molecule has 142 valence electrons. The molecule has 4 rings (SSSR count). The number of ether oxygens (including phenoxy) is 2. The summed E-state index contributed by atoms with van der Waals surface area (Å²) in [6.45, 7) is 0. The van der Waals surface area contributed by atoms with Gasteiger partial charge in [-0.25, -0.2) is 4.98 Å². The van der Waals surface area contributed by atoms with Crippen molar-refractivity contribution in [3.8, 4) is 33.5 Å². The quantitative estimate of drug-likeness (QED) is 0.408. The van der Waals surface area contributed by atoms with Gasteiger partial charge in [-0.05, 0) is 24.3 Å². The number of thiazole rings is 1. The molecule has 3 heterocycles. The molecule has 4 aromatic rings. The Morgan fingerprint density at radius 3 is 2.86 bits per heavy atom. The lowest BCUT2D eigenvalue weighted by Crippen LogP contribution is -1.90. The molecule has 0 radical (unpaired) electrons. The summed E-state index contributed by atoms with van der Waals surface area (Å²) in [5, 5.41) is 11.5. The van der Waals surface area contributed by atoms with Crippen LogP contribution in [-0.2, 0) is 5.75 Å². The van der Waals surface area contributed by atoms with Gasteiger partial charge < -0.3 is 13.9 Å². The first-order valence-electron chi connectivity index (χ1n) is 8.30. The summed E-state index contributed by atoms with van der Waals surface area (Å²) in [4.78, 5) is 8.76. The molecule has 1 aromatic carbocycles. The molecule has 3 aromatic heterocycles. The molecule has 0 atom stereocenters. The number of hydrogen-bond donors (Lipinski definition) is 0. The van der Waals surface area contributed by atoms with Crippen molar-refractivity contribution in [1.82, 2.24) is 20.2 Å². The molecular formula is C19H16N4O3S2. The van der Waals surface area contributed by atoms with Crippen LogP contribution >= 0.6 is 23.1 Å². The molecule has 0 fully saturated rings. The van der Waals surface area contributed by atoms with Gasteiger partial charge in [0.05, 0.1) is 31.0 Å². The van der Waals surface area contributed by atoms with E-state index in [0.717, 1.165) is 33.3 Å². The van der Waals surface area contributed by atoms with E-state index in [-0.39, 0.29) is 0 Å². The molecule has 0 saturated heterocycles. The van der Waals surface area contributed by atoms with Crippen molar-refractivity contribution in [1.29, 1.82) is 0 Å². The van der Waals surface area contributed by atoms with Crippen LogP contribution in [0.5, 0.6) is 11.5 Å². The van der Waals surface area contributed by atoms with Crippen LogP contribution in [0.25, 0.3) is 22.0 Å². The third kappa shape index (κ3) is 4.00. The first-order chi connectivity index (χ1) is 13.8. The van der Waals surface area contributed by atoms with E-state index < -0.39 is 0 Å². The number of nitrogens with zero attached hydrogens (tertiary/aromatic N) is 4. The van der Waals surface area contributed by atoms with Gasteiger partial charge in [-0.1, -0.05) is 11.8 Å². The highest BCUT2D eigenvalue weighted by molar-refractivity contribution is 7.98. The van der Waals surface area contributed by atoms with E-state index in [4.69, 9.17) is 18.9 Å². The average molecular weight is 412 g/mol. The highest BCUT2D eigenvalue weighted by Crippen LogP contribution is 2.36. The Bertz CT molecular complexity index is 1070. The van der Waals surface area contributed by atoms with Crippen molar-refractivity contribution in [2.75, 3.05) is 14.2 Å². The second-order valence-electron chi connectivity index (χ2n) is 5.61. The van der Waals surface area contributed by atoms with Gasteiger partial charge in [0.1, 0.15) is 16.5 Å². The molecule has 0 aliphatic heterocycles. The van der Waals surface area contributed by atoms with Crippen molar-refractivity contribution in [2.45, 2.75) is 11.0 Å². The maximum Gasteiger partial charge on any atom is 0.277 e. The fourth-order valence-electron chi connectivity index (χ4n) is 2.48. The Kier molecular flexibility index (Phi) is 5.54. The molecule has 9 heteroatoms. The van der Waals surface area contributed by atoms with Crippen molar-refractivity contribution >= 4 is 23.1 Å². The summed E-state index contributed by atoms with van der Waals surface area (Å²) in [5.41, 5.74) is 2.66. The number of methoxy groups -OCH3 is 2. The summed E-state index contributed by atoms with van der Waals surface area (Å²) in [7, 11) is 3.27. The van der Waals surface area contributed by atoms with Crippen LogP contribution in [0.1, 0.15) is 5.69 Å². The van der Waals surface area contributed by atoms with Crippen LogP contribution in [0.2, 0.25) is 0 Å². The molecular weight excluding hydrogens is 396 g/mol. The normalized spacial score (nSPS) is 10.8.